The summed E-state index contributed by atoms with van der Waals surface area (Å²) >= 11 is 1.73. The molecule has 16 heavy (non-hydrogen) atoms. The van der Waals surface area contributed by atoms with E-state index < -0.39 is 0 Å². The summed E-state index contributed by atoms with van der Waals surface area (Å²) in [5.41, 5.74) is 5.65. The summed E-state index contributed by atoms with van der Waals surface area (Å²) < 4.78 is 0. The molecule has 0 amide bonds. The van der Waals surface area contributed by atoms with E-state index in [1.165, 1.54) is 4.88 Å². The molecule has 1 heterocycles. The van der Waals surface area contributed by atoms with Gasteiger partial charge in [0, 0.05) is 30.6 Å². The molecular weight excluding hydrogens is 335 g/mol. The summed E-state index contributed by atoms with van der Waals surface area (Å²) in [6.07, 6.45) is 3.82. The molecule has 6 heteroatoms. The Labute approximate surface area is 118 Å². The van der Waals surface area contributed by atoms with Crippen LogP contribution in [0.4, 0.5) is 0 Å². The van der Waals surface area contributed by atoms with E-state index >= 15 is 0 Å². The van der Waals surface area contributed by atoms with Gasteiger partial charge in [-0.3, -0.25) is 4.99 Å². The maximum absolute atomic E-state index is 5.65. The van der Waals surface area contributed by atoms with E-state index in [0.29, 0.717) is 5.96 Å². The third-order valence-electron chi connectivity index (χ3n) is 1.82. The van der Waals surface area contributed by atoms with Crippen LogP contribution < -0.4 is 11.1 Å². The van der Waals surface area contributed by atoms with Gasteiger partial charge in [-0.05, 0) is 13.3 Å². The molecular formula is C10H19IN4S. The smallest absolute Gasteiger partial charge is 0.188 e. The van der Waals surface area contributed by atoms with Crippen molar-refractivity contribution in [2.75, 3.05) is 13.1 Å². The highest BCUT2D eigenvalue weighted by Gasteiger charge is 1.98. The Balaban J connectivity index is 0.00000225. The molecule has 1 aromatic rings. The lowest BCUT2D eigenvalue weighted by Crippen LogP contribution is -2.33. The van der Waals surface area contributed by atoms with Crippen molar-refractivity contribution in [3.63, 3.8) is 0 Å². The lowest BCUT2D eigenvalue weighted by molar-refractivity contribution is 0.834. The van der Waals surface area contributed by atoms with Gasteiger partial charge in [-0.25, -0.2) is 4.98 Å². The standard InChI is InChI=1S/C10H18N4S.HI/c1-3-5-12-10(11)13-6-4-9-14-7-8(2)15-9;/h7H,3-6H2,1-2H3,(H3,11,12,13);1H. The average Bonchev–Trinajstić information content (AvgIpc) is 2.61. The third kappa shape index (κ3) is 6.26. The van der Waals surface area contributed by atoms with Crippen LogP contribution in [-0.4, -0.2) is 24.0 Å². The Hall–Kier alpha value is -0.370. The van der Waals surface area contributed by atoms with E-state index in [0.717, 1.165) is 30.9 Å². The Morgan fingerprint density at radius 1 is 1.62 bits per heavy atom. The number of nitrogens with one attached hydrogen (secondary N) is 1. The Morgan fingerprint density at radius 3 is 2.94 bits per heavy atom. The summed E-state index contributed by atoms with van der Waals surface area (Å²) in [4.78, 5) is 9.67. The number of aliphatic imine (C=N–C) groups is 1. The zero-order valence-electron chi connectivity index (χ0n) is 9.69. The average molecular weight is 354 g/mol. The molecule has 0 saturated carbocycles. The van der Waals surface area contributed by atoms with E-state index in [-0.39, 0.29) is 24.0 Å². The summed E-state index contributed by atoms with van der Waals surface area (Å²) in [7, 11) is 0. The van der Waals surface area contributed by atoms with Crippen LogP contribution in [0.25, 0.3) is 0 Å². The Kier molecular flexibility index (Phi) is 8.54. The molecule has 0 saturated heterocycles. The van der Waals surface area contributed by atoms with Gasteiger partial charge in [-0.2, -0.15) is 0 Å². The number of rotatable bonds is 5. The van der Waals surface area contributed by atoms with Crippen LogP contribution in [0.1, 0.15) is 23.2 Å². The number of nitrogens with zero attached hydrogens (tertiary/aromatic N) is 2. The van der Waals surface area contributed by atoms with E-state index in [2.05, 4.69) is 29.1 Å². The van der Waals surface area contributed by atoms with Crippen LogP contribution in [0.2, 0.25) is 0 Å². The van der Waals surface area contributed by atoms with Crippen LogP contribution in [-0.2, 0) is 6.42 Å². The van der Waals surface area contributed by atoms with E-state index in [1.807, 2.05) is 6.20 Å². The maximum Gasteiger partial charge on any atom is 0.188 e. The molecule has 0 aromatic carbocycles. The highest BCUT2D eigenvalue weighted by atomic mass is 127. The molecule has 0 aliphatic rings. The van der Waals surface area contributed by atoms with Crippen molar-refractivity contribution in [3.8, 4) is 0 Å². The van der Waals surface area contributed by atoms with Gasteiger partial charge in [-0.1, -0.05) is 6.92 Å². The first-order valence-electron chi connectivity index (χ1n) is 5.17. The summed E-state index contributed by atoms with van der Waals surface area (Å²) in [6, 6.07) is 0. The molecule has 0 aliphatic heterocycles. The molecule has 0 aliphatic carbocycles. The molecule has 1 rings (SSSR count). The SMILES string of the molecule is CCCN=C(N)NCCc1ncc(C)s1.I. The van der Waals surface area contributed by atoms with Crippen LogP contribution >= 0.6 is 35.3 Å². The normalized spacial score (nSPS) is 11.0. The second-order valence-electron chi connectivity index (χ2n) is 3.31. The zero-order chi connectivity index (χ0) is 11.1. The third-order valence-corrected chi connectivity index (χ3v) is 2.79. The number of nitrogens with two attached hydrogens (primary N) is 1. The second kappa shape index (κ2) is 8.74. The van der Waals surface area contributed by atoms with Gasteiger partial charge in [0.2, 0.25) is 0 Å². The molecule has 0 spiro atoms. The first-order valence-corrected chi connectivity index (χ1v) is 5.99. The molecule has 0 bridgehead atoms. The minimum Gasteiger partial charge on any atom is -0.370 e. The highest BCUT2D eigenvalue weighted by Crippen LogP contribution is 2.10. The molecule has 4 nitrogen and oxygen atoms in total. The number of guanidine groups is 1. The minimum atomic E-state index is 0. The summed E-state index contributed by atoms with van der Waals surface area (Å²) in [5, 5.41) is 4.21. The fourth-order valence-electron chi connectivity index (χ4n) is 1.10. The Morgan fingerprint density at radius 2 is 2.38 bits per heavy atom. The number of hydrogen-bond acceptors (Lipinski definition) is 3. The van der Waals surface area contributed by atoms with Gasteiger partial charge < -0.3 is 11.1 Å². The lowest BCUT2D eigenvalue weighted by atomic mass is 10.4. The predicted molar refractivity (Wildman–Crippen MR) is 80.8 cm³/mol. The molecule has 1 aromatic heterocycles. The van der Waals surface area contributed by atoms with Crippen LogP contribution in [0.15, 0.2) is 11.2 Å². The largest absolute Gasteiger partial charge is 0.370 e. The zero-order valence-corrected chi connectivity index (χ0v) is 12.8. The summed E-state index contributed by atoms with van der Waals surface area (Å²) in [5.74, 6) is 0.533. The van der Waals surface area contributed by atoms with Gasteiger partial charge in [0.05, 0.1) is 5.01 Å². The van der Waals surface area contributed by atoms with Crippen molar-refractivity contribution >= 4 is 41.3 Å². The van der Waals surface area contributed by atoms with Crippen LogP contribution in [0.3, 0.4) is 0 Å². The van der Waals surface area contributed by atoms with Gasteiger partial charge >= 0.3 is 0 Å². The van der Waals surface area contributed by atoms with Gasteiger partial charge in [-0.15, -0.1) is 35.3 Å². The minimum absolute atomic E-state index is 0. The predicted octanol–water partition coefficient (Wildman–Crippen LogP) is 1.93. The topological polar surface area (TPSA) is 63.3 Å². The molecule has 0 unspecified atom stereocenters. The van der Waals surface area contributed by atoms with Gasteiger partial charge in [0.15, 0.2) is 5.96 Å². The molecule has 92 valence electrons. The van der Waals surface area contributed by atoms with Crippen molar-refractivity contribution in [1.29, 1.82) is 0 Å². The fourth-order valence-corrected chi connectivity index (χ4v) is 1.89. The van der Waals surface area contributed by atoms with E-state index in [1.54, 1.807) is 11.3 Å². The maximum atomic E-state index is 5.65. The van der Waals surface area contributed by atoms with Crippen molar-refractivity contribution < 1.29 is 0 Å². The number of halogens is 1. The van der Waals surface area contributed by atoms with Gasteiger partial charge in [0.25, 0.3) is 0 Å². The Bertz CT molecular complexity index is 324. The van der Waals surface area contributed by atoms with E-state index in [4.69, 9.17) is 5.73 Å². The quantitative estimate of drug-likeness (QED) is 0.483. The van der Waals surface area contributed by atoms with Crippen LogP contribution in [0, 0.1) is 6.92 Å². The second-order valence-corrected chi connectivity index (χ2v) is 4.63. The monoisotopic (exact) mass is 354 g/mol. The molecule has 0 radical (unpaired) electrons. The highest BCUT2D eigenvalue weighted by molar-refractivity contribution is 14.0. The molecule has 0 fully saturated rings. The van der Waals surface area contributed by atoms with E-state index in [9.17, 15) is 0 Å². The summed E-state index contributed by atoms with van der Waals surface area (Å²) in [6.45, 7) is 5.72. The van der Waals surface area contributed by atoms with Crippen molar-refractivity contribution in [2.45, 2.75) is 26.7 Å². The fraction of sp³-hybridized carbons (Fsp3) is 0.600. The number of aryl methyl sites for hydroxylation is 1. The molecule has 0 atom stereocenters. The van der Waals surface area contributed by atoms with Crippen molar-refractivity contribution in [3.05, 3.63) is 16.1 Å². The van der Waals surface area contributed by atoms with Crippen molar-refractivity contribution in [2.24, 2.45) is 10.7 Å². The first kappa shape index (κ1) is 15.6. The lowest BCUT2D eigenvalue weighted by Gasteiger charge is -2.03. The number of aromatic nitrogens is 1. The number of hydrogen-bond donors (Lipinski definition) is 2. The van der Waals surface area contributed by atoms with Gasteiger partial charge in [0.1, 0.15) is 0 Å². The molecule has 3 N–H and O–H groups in total. The van der Waals surface area contributed by atoms with Crippen LogP contribution in [0.5, 0.6) is 0 Å². The number of thiazole rings is 1. The first-order chi connectivity index (χ1) is 7.22. The van der Waals surface area contributed by atoms with Crippen molar-refractivity contribution in [1.82, 2.24) is 10.3 Å².